The molecule has 1 aliphatic rings. The van der Waals surface area contributed by atoms with Gasteiger partial charge in [0.2, 0.25) is 0 Å². The molecule has 0 radical (unpaired) electrons. The van der Waals surface area contributed by atoms with Crippen molar-refractivity contribution in [3.05, 3.63) is 0 Å². The quantitative estimate of drug-likeness (QED) is 0.579. The Kier molecular flexibility index (Phi) is 10.3. The number of unbranched alkanes of at least 4 members (excludes halogenated alkanes) is 1. The van der Waals surface area contributed by atoms with Crippen molar-refractivity contribution in [1.82, 2.24) is 9.80 Å². The van der Waals surface area contributed by atoms with Crippen LogP contribution in [-0.2, 0) is 4.74 Å². The van der Waals surface area contributed by atoms with Gasteiger partial charge in [-0.15, -0.1) is 0 Å². The van der Waals surface area contributed by atoms with Crippen LogP contribution in [0.1, 0.15) is 59.3 Å². The molecule has 1 heterocycles. The molecule has 1 aliphatic heterocycles. The first-order valence-electron chi connectivity index (χ1n) is 9.12. The van der Waals surface area contributed by atoms with Crippen LogP contribution in [0.4, 0.5) is 0 Å². The summed E-state index contributed by atoms with van der Waals surface area (Å²) in [5.41, 5.74) is 0. The van der Waals surface area contributed by atoms with E-state index in [9.17, 15) is 0 Å². The minimum absolute atomic E-state index is 0.735. The molecular formula is C18H38N2O. The standard InChI is InChI=1S/C18H38N2O/c1-5-6-10-19(13-14-21-4)16-18(15-17(2)3)20-11-8-7-9-12-20/h17-18H,5-16H2,1-4H3. The van der Waals surface area contributed by atoms with E-state index in [-0.39, 0.29) is 0 Å². The molecule has 1 atom stereocenters. The summed E-state index contributed by atoms with van der Waals surface area (Å²) in [6, 6.07) is 0.735. The van der Waals surface area contributed by atoms with Gasteiger partial charge in [-0.3, -0.25) is 9.80 Å². The van der Waals surface area contributed by atoms with Crippen molar-refractivity contribution < 1.29 is 4.74 Å². The summed E-state index contributed by atoms with van der Waals surface area (Å²) in [6.45, 7) is 14.0. The van der Waals surface area contributed by atoms with Crippen LogP contribution in [0.2, 0.25) is 0 Å². The summed E-state index contributed by atoms with van der Waals surface area (Å²) in [7, 11) is 1.81. The lowest BCUT2D eigenvalue weighted by molar-refractivity contribution is 0.0852. The molecule has 21 heavy (non-hydrogen) atoms. The van der Waals surface area contributed by atoms with Gasteiger partial charge in [0.15, 0.2) is 0 Å². The maximum absolute atomic E-state index is 5.31. The number of rotatable bonds is 11. The first kappa shape index (κ1) is 18.9. The highest BCUT2D eigenvalue weighted by atomic mass is 16.5. The second kappa shape index (κ2) is 11.4. The molecule has 0 amide bonds. The lowest BCUT2D eigenvalue weighted by atomic mass is 9.99. The van der Waals surface area contributed by atoms with E-state index in [0.717, 1.165) is 25.1 Å². The van der Waals surface area contributed by atoms with Crippen molar-refractivity contribution in [2.75, 3.05) is 46.4 Å². The Morgan fingerprint density at radius 3 is 2.38 bits per heavy atom. The summed E-state index contributed by atoms with van der Waals surface area (Å²) < 4.78 is 5.31. The van der Waals surface area contributed by atoms with E-state index < -0.39 is 0 Å². The number of hydrogen-bond donors (Lipinski definition) is 0. The minimum atomic E-state index is 0.735. The van der Waals surface area contributed by atoms with Crippen molar-refractivity contribution in [3.8, 4) is 0 Å². The zero-order chi connectivity index (χ0) is 15.5. The van der Waals surface area contributed by atoms with Crippen LogP contribution < -0.4 is 0 Å². The molecule has 0 bridgehead atoms. The van der Waals surface area contributed by atoms with Gasteiger partial charge in [-0.05, 0) is 51.2 Å². The average molecular weight is 299 g/mol. The SMILES string of the molecule is CCCCN(CCOC)CC(CC(C)C)N1CCCCC1. The third-order valence-corrected chi connectivity index (χ3v) is 4.56. The first-order valence-corrected chi connectivity index (χ1v) is 9.12. The Balaban J connectivity index is 2.55. The summed E-state index contributed by atoms with van der Waals surface area (Å²) in [6.07, 6.45) is 8.12. The summed E-state index contributed by atoms with van der Waals surface area (Å²) in [5, 5.41) is 0. The van der Waals surface area contributed by atoms with Crippen LogP contribution in [0.15, 0.2) is 0 Å². The van der Waals surface area contributed by atoms with E-state index in [1.165, 1.54) is 64.7 Å². The molecule has 0 aromatic rings. The van der Waals surface area contributed by atoms with E-state index in [4.69, 9.17) is 4.74 Å². The van der Waals surface area contributed by atoms with Crippen LogP contribution >= 0.6 is 0 Å². The van der Waals surface area contributed by atoms with Gasteiger partial charge < -0.3 is 4.74 Å². The van der Waals surface area contributed by atoms with Gasteiger partial charge in [-0.2, -0.15) is 0 Å². The van der Waals surface area contributed by atoms with E-state index >= 15 is 0 Å². The van der Waals surface area contributed by atoms with Crippen LogP contribution in [0.3, 0.4) is 0 Å². The van der Waals surface area contributed by atoms with Crippen LogP contribution in [0, 0.1) is 5.92 Å². The second-order valence-corrected chi connectivity index (χ2v) is 7.03. The molecule has 0 aromatic carbocycles. The molecule has 0 aromatic heterocycles. The largest absolute Gasteiger partial charge is 0.383 e. The maximum Gasteiger partial charge on any atom is 0.0589 e. The zero-order valence-electron chi connectivity index (χ0n) is 14.9. The normalized spacial score (nSPS) is 18.6. The highest BCUT2D eigenvalue weighted by molar-refractivity contribution is 4.79. The van der Waals surface area contributed by atoms with Crippen molar-refractivity contribution in [3.63, 3.8) is 0 Å². The van der Waals surface area contributed by atoms with E-state index in [0.29, 0.717) is 0 Å². The molecule has 1 fully saturated rings. The topological polar surface area (TPSA) is 15.7 Å². The fourth-order valence-electron chi connectivity index (χ4n) is 3.36. The average Bonchev–Trinajstić information content (AvgIpc) is 2.49. The number of piperidine rings is 1. The third kappa shape index (κ3) is 8.18. The molecule has 3 heteroatoms. The third-order valence-electron chi connectivity index (χ3n) is 4.56. The Morgan fingerprint density at radius 1 is 1.10 bits per heavy atom. The molecule has 1 unspecified atom stereocenters. The number of likely N-dealkylation sites (tertiary alicyclic amines) is 1. The van der Waals surface area contributed by atoms with Gasteiger partial charge in [-0.1, -0.05) is 33.6 Å². The van der Waals surface area contributed by atoms with Crippen molar-refractivity contribution in [1.29, 1.82) is 0 Å². The smallest absolute Gasteiger partial charge is 0.0589 e. The Morgan fingerprint density at radius 2 is 1.81 bits per heavy atom. The zero-order valence-corrected chi connectivity index (χ0v) is 14.9. The lowest BCUT2D eigenvalue weighted by Crippen LogP contribution is -2.47. The van der Waals surface area contributed by atoms with Gasteiger partial charge in [0.25, 0.3) is 0 Å². The monoisotopic (exact) mass is 298 g/mol. The molecular weight excluding hydrogens is 260 g/mol. The Labute approximate surface area is 133 Å². The molecule has 0 spiro atoms. The molecule has 3 nitrogen and oxygen atoms in total. The number of ether oxygens (including phenoxy) is 1. The van der Waals surface area contributed by atoms with Crippen molar-refractivity contribution >= 4 is 0 Å². The van der Waals surface area contributed by atoms with Gasteiger partial charge in [0.05, 0.1) is 6.61 Å². The second-order valence-electron chi connectivity index (χ2n) is 7.03. The molecule has 1 saturated heterocycles. The van der Waals surface area contributed by atoms with E-state index in [1.807, 2.05) is 7.11 Å². The van der Waals surface area contributed by atoms with Crippen LogP contribution in [0.25, 0.3) is 0 Å². The minimum Gasteiger partial charge on any atom is -0.383 e. The van der Waals surface area contributed by atoms with Gasteiger partial charge in [-0.25, -0.2) is 0 Å². The Bertz CT molecular complexity index is 231. The van der Waals surface area contributed by atoms with E-state index in [1.54, 1.807) is 0 Å². The molecule has 0 aliphatic carbocycles. The molecule has 0 saturated carbocycles. The molecule has 1 rings (SSSR count). The van der Waals surface area contributed by atoms with E-state index in [2.05, 4.69) is 30.6 Å². The number of methoxy groups -OCH3 is 1. The van der Waals surface area contributed by atoms with Crippen molar-refractivity contribution in [2.45, 2.75) is 65.3 Å². The summed E-state index contributed by atoms with van der Waals surface area (Å²) in [5.74, 6) is 0.785. The Hall–Kier alpha value is -0.120. The lowest BCUT2D eigenvalue weighted by Gasteiger charge is -2.38. The van der Waals surface area contributed by atoms with Gasteiger partial charge in [0.1, 0.15) is 0 Å². The number of nitrogens with zero attached hydrogens (tertiary/aromatic N) is 2. The fraction of sp³-hybridized carbons (Fsp3) is 1.00. The molecule has 126 valence electrons. The van der Waals surface area contributed by atoms with Gasteiger partial charge in [0, 0.05) is 26.2 Å². The van der Waals surface area contributed by atoms with Gasteiger partial charge >= 0.3 is 0 Å². The number of hydrogen-bond acceptors (Lipinski definition) is 3. The summed E-state index contributed by atoms with van der Waals surface area (Å²) in [4.78, 5) is 5.39. The predicted octanol–water partition coefficient (Wildman–Crippen LogP) is 3.64. The fourth-order valence-corrected chi connectivity index (χ4v) is 3.36. The summed E-state index contributed by atoms with van der Waals surface area (Å²) >= 11 is 0. The highest BCUT2D eigenvalue weighted by Crippen LogP contribution is 2.19. The van der Waals surface area contributed by atoms with Crippen LogP contribution in [0.5, 0.6) is 0 Å². The predicted molar refractivity (Wildman–Crippen MR) is 91.9 cm³/mol. The van der Waals surface area contributed by atoms with Crippen molar-refractivity contribution in [2.24, 2.45) is 5.92 Å². The maximum atomic E-state index is 5.31. The first-order chi connectivity index (χ1) is 10.2. The van der Waals surface area contributed by atoms with Crippen LogP contribution in [-0.4, -0.2) is 62.3 Å². The highest BCUT2D eigenvalue weighted by Gasteiger charge is 2.23. The molecule has 0 N–H and O–H groups in total.